The van der Waals surface area contributed by atoms with E-state index in [-0.39, 0.29) is 11.9 Å². The van der Waals surface area contributed by atoms with Crippen molar-refractivity contribution in [1.82, 2.24) is 5.32 Å². The van der Waals surface area contributed by atoms with Crippen LogP contribution in [0, 0.1) is 5.92 Å². The molecule has 0 aromatic carbocycles. The molecule has 3 nitrogen and oxygen atoms in total. The van der Waals surface area contributed by atoms with Crippen molar-refractivity contribution in [1.29, 1.82) is 0 Å². The summed E-state index contributed by atoms with van der Waals surface area (Å²) in [6.07, 6.45) is 6.23. The van der Waals surface area contributed by atoms with Gasteiger partial charge in [-0.2, -0.15) is 0 Å². The third kappa shape index (κ3) is 3.56. The van der Waals surface area contributed by atoms with Crippen LogP contribution in [-0.2, 0) is 0 Å². The van der Waals surface area contributed by atoms with Crippen molar-refractivity contribution in [3.8, 4) is 0 Å². The van der Waals surface area contributed by atoms with E-state index in [0.29, 0.717) is 12.5 Å². The van der Waals surface area contributed by atoms with Gasteiger partial charge in [0.1, 0.15) is 0 Å². The van der Waals surface area contributed by atoms with Gasteiger partial charge in [0.05, 0.1) is 4.88 Å². The summed E-state index contributed by atoms with van der Waals surface area (Å²) in [4.78, 5) is 12.8. The quantitative estimate of drug-likeness (QED) is 0.890. The molecule has 0 radical (unpaired) electrons. The molecule has 1 aromatic rings. The molecule has 0 bridgehead atoms. The average molecular weight is 331 g/mol. The second-order valence-corrected chi connectivity index (χ2v) is 6.67. The van der Waals surface area contributed by atoms with Gasteiger partial charge in [0, 0.05) is 22.4 Å². The summed E-state index contributed by atoms with van der Waals surface area (Å²) in [5, 5.41) is 5.02. The number of halogens is 1. The van der Waals surface area contributed by atoms with Crippen molar-refractivity contribution in [2.45, 2.75) is 38.1 Å². The molecule has 0 saturated heterocycles. The van der Waals surface area contributed by atoms with Crippen LogP contribution < -0.4 is 11.1 Å². The minimum atomic E-state index is 0.00623. The fraction of sp³-hybridized carbons (Fsp3) is 0.615. The lowest BCUT2D eigenvalue weighted by Crippen LogP contribution is -2.45. The minimum Gasteiger partial charge on any atom is -0.347 e. The van der Waals surface area contributed by atoms with E-state index in [1.54, 1.807) is 0 Å². The molecule has 1 aromatic heterocycles. The number of thiophene rings is 1. The number of hydrogen-bond acceptors (Lipinski definition) is 3. The molecule has 1 atom stereocenters. The molecule has 1 fully saturated rings. The Balaban J connectivity index is 1.95. The molecule has 100 valence electrons. The van der Waals surface area contributed by atoms with E-state index in [9.17, 15) is 4.79 Å². The molecule has 5 heteroatoms. The van der Waals surface area contributed by atoms with Crippen LogP contribution in [0.1, 0.15) is 41.8 Å². The number of hydrogen-bond donors (Lipinski definition) is 2. The van der Waals surface area contributed by atoms with E-state index in [2.05, 4.69) is 21.2 Å². The van der Waals surface area contributed by atoms with Crippen LogP contribution in [-0.4, -0.2) is 18.5 Å². The van der Waals surface area contributed by atoms with E-state index in [1.165, 1.54) is 43.4 Å². The maximum atomic E-state index is 12.1. The number of amides is 1. The van der Waals surface area contributed by atoms with E-state index in [1.807, 2.05) is 11.4 Å². The van der Waals surface area contributed by atoms with Crippen molar-refractivity contribution in [3.63, 3.8) is 0 Å². The Morgan fingerprint density at radius 3 is 2.78 bits per heavy atom. The Morgan fingerprint density at radius 1 is 1.50 bits per heavy atom. The van der Waals surface area contributed by atoms with Crippen molar-refractivity contribution in [3.05, 3.63) is 20.8 Å². The van der Waals surface area contributed by atoms with Gasteiger partial charge in [0.25, 0.3) is 5.91 Å². The average Bonchev–Trinajstić information content (AvgIpc) is 2.83. The lowest BCUT2D eigenvalue weighted by Gasteiger charge is -2.29. The predicted octanol–water partition coefficient (Wildman–Crippen LogP) is 3.15. The van der Waals surface area contributed by atoms with Crippen LogP contribution in [0.25, 0.3) is 0 Å². The summed E-state index contributed by atoms with van der Waals surface area (Å²) < 4.78 is 0.958. The summed E-state index contributed by atoms with van der Waals surface area (Å²) in [7, 11) is 0. The molecule has 0 aliphatic heterocycles. The number of nitrogens with one attached hydrogen (secondary N) is 1. The topological polar surface area (TPSA) is 55.1 Å². The summed E-state index contributed by atoms with van der Waals surface area (Å²) in [5.74, 6) is 0.558. The molecule has 18 heavy (non-hydrogen) atoms. The molecule has 2 rings (SSSR count). The number of rotatable bonds is 4. The Morgan fingerprint density at radius 2 is 2.22 bits per heavy atom. The molecule has 1 heterocycles. The van der Waals surface area contributed by atoms with E-state index in [4.69, 9.17) is 5.73 Å². The third-order valence-corrected chi connectivity index (χ3v) is 5.27. The summed E-state index contributed by atoms with van der Waals surface area (Å²) in [6.45, 7) is 0.531. The largest absolute Gasteiger partial charge is 0.347 e. The SMILES string of the molecule is NCC(NC(=O)c1cc(Br)cs1)C1CCCCC1. The molecule has 3 N–H and O–H groups in total. The molecule has 1 amide bonds. The zero-order chi connectivity index (χ0) is 13.0. The Hall–Kier alpha value is -0.390. The van der Waals surface area contributed by atoms with Crippen LogP contribution in [0.5, 0.6) is 0 Å². The Bertz CT molecular complexity index is 401. The van der Waals surface area contributed by atoms with Crippen molar-refractivity contribution in [2.75, 3.05) is 6.54 Å². The minimum absolute atomic E-state index is 0.00623. The van der Waals surface area contributed by atoms with Crippen LogP contribution in [0.4, 0.5) is 0 Å². The monoisotopic (exact) mass is 330 g/mol. The second-order valence-electron chi connectivity index (χ2n) is 4.84. The third-order valence-electron chi connectivity index (χ3n) is 3.58. The molecule has 1 saturated carbocycles. The molecule has 0 spiro atoms. The first kappa shape index (κ1) is 14.0. The smallest absolute Gasteiger partial charge is 0.261 e. The molecule has 1 aliphatic carbocycles. The van der Waals surface area contributed by atoms with Gasteiger partial charge in [0.15, 0.2) is 0 Å². The zero-order valence-corrected chi connectivity index (χ0v) is 12.7. The highest BCUT2D eigenvalue weighted by molar-refractivity contribution is 9.10. The lowest BCUT2D eigenvalue weighted by atomic mass is 9.84. The van der Waals surface area contributed by atoms with Gasteiger partial charge in [-0.25, -0.2) is 0 Å². The van der Waals surface area contributed by atoms with Crippen LogP contribution in [0.15, 0.2) is 15.9 Å². The summed E-state index contributed by atoms with van der Waals surface area (Å²) >= 11 is 4.82. The van der Waals surface area contributed by atoms with Gasteiger partial charge in [-0.05, 0) is 40.8 Å². The van der Waals surface area contributed by atoms with Crippen LogP contribution in [0.3, 0.4) is 0 Å². The van der Waals surface area contributed by atoms with Gasteiger partial charge >= 0.3 is 0 Å². The normalized spacial score (nSPS) is 18.6. The fourth-order valence-electron chi connectivity index (χ4n) is 2.58. The number of carbonyl (C=O) groups excluding carboxylic acids is 1. The highest BCUT2D eigenvalue weighted by Gasteiger charge is 2.24. The Labute approximate surface area is 120 Å². The zero-order valence-electron chi connectivity index (χ0n) is 10.3. The molecule has 1 aliphatic rings. The van der Waals surface area contributed by atoms with E-state index < -0.39 is 0 Å². The van der Waals surface area contributed by atoms with Gasteiger partial charge in [0.2, 0.25) is 0 Å². The Kier molecular flexibility index (Phi) is 5.21. The maximum absolute atomic E-state index is 12.1. The highest BCUT2D eigenvalue weighted by Crippen LogP contribution is 2.27. The lowest BCUT2D eigenvalue weighted by molar-refractivity contribution is 0.0919. The van der Waals surface area contributed by atoms with Crippen molar-refractivity contribution < 1.29 is 4.79 Å². The summed E-state index contributed by atoms with van der Waals surface area (Å²) in [5.41, 5.74) is 5.81. The highest BCUT2D eigenvalue weighted by atomic mass is 79.9. The van der Waals surface area contributed by atoms with Crippen molar-refractivity contribution >= 4 is 33.2 Å². The predicted molar refractivity (Wildman–Crippen MR) is 78.9 cm³/mol. The van der Waals surface area contributed by atoms with Crippen LogP contribution in [0.2, 0.25) is 0 Å². The molecular weight excluding hydrogens is 312 g/mol. The second kappa shape index (κ2) is 6.68. The summed E-state index contributed by atoms with van der Waals surface area (Å²) in [6, 6.07) is 1.98. The van der Waals surface area contributed by atoms with E-state index in [0.717, 1.165) is 9.35 Å². The van der Waals surface area contributed by atoms with Gasteiger partial charge in [-0.1, -0.05) is 19.3 Å². The standard InChI is InChI=1S/C13H19BrN2OS/c14-10-6-12(18-8-10)13(17)16-11(7-15)9-4-2-1-3-5-9/h6,8-9,11H,1-5,7,15H2,(H,16,17). The maximum Gasteiger partial charge on any atom is 0.261 e. The first-order valence-corrected chi connectivity index (χ1v) is 8.13. The van der Waals surface area contributed by atoms with Crippen molar-refractivity contribution in [2.24, 2.45) is 11.7 Å². The van der Waals surface area contributed by atoms with Crippen LogP contribution >= 0.6 is 27.3 Å². The van der Waals surface area contributed by atoms with Gasteiger partial charge in [-0.15, -0.1) is 11.3 Å². The number of carbonyl (C=O) groups is 1. The van der Waals surface area contributed by atoms with E-state index >= 15 is 0 Å². The molecular formula is C13H19BrN2OS. The van der Waals surface area contributed by atoms with Gasteiger partial charge < -0.3 is 11.1 Å². The first-order chi connectivity index (χ1) is 8.70. The first-order valence-electron chi connectivity index (χ1n) is 6.45. The fourth-order valence-corrected chi connectivity index (χ4v) is 3.91. The van der Waals surface area contributed by atoms with Gasteiger partial charge in [-0.3, -0.25) is 4.79 Å². The molecule has 1 unspecified atom stereocenters. The number of nitrogens with two attached hydrogens (primary N) is 1.